The fourth-order valence-electron chi connectivity index (χ4n) is 1.64. The lowest BCUT2D eigenvalue weighted by Gasteiger charge is -2.03. The molecule has 1 heterocycles. The van der Waals surface area contributed by atoms with Crippen molar-refractivity contribution >= 4 is 33.3 Å². The van der Waals surface area contributed by atoms with Crippen LogP contribution in [0.25, 0.3) is 0 Å². The van der Waals surface area contributed by atoms with Crippen molar-refractivity contribution in [3.05, 3.63) is 50.1 Å². The summed E-state index contributed by atoms with van der Waals surface area (Å²) in [6.45, 7) is 0. The molecule has 1 aromatic carbocycles. The number of amides is 1. The molecule has 0 aliphatic carbocycles. The number of carbonyl (C=O) groups is 1. The summed E-state index contributed by atoms with van der Waals surface area (Å²) in [5, 5.41) is 26.2. The number of anilines is 1. The first kappa shape index (κ1) is 14.7. The lowest BCUT2D eigenvalue weighted by atomic mass is 10.2. The first-order valence-electron chi connectivity index (χ1n) is 5.61. The SMILES string of the molecule is Cn1cc(C#N)c(NC(=O)c2ccc(Br)c([N+](=O)[O-])c2)n1. The van der Waals surface area contributed by atoms with Gasteiger partial charge in [0.2, 0.25) is 0 Å². The number of nitrogens with one attached hydrogen (secondary N) is 1. The molecule has 0 saturated heterocycles. The lowest BCUT2D eigenvalue weighted by molar-refractivity contribution is -0.385. The van der Waals surface area contributed by atoms with Crippen LogP contribution in [0.1, 0.15) is 15.9 Å². The van der Waals surface area contributed by atoms with E-state index < -0.39 is 10.8 Å². The highest BCUT2D eigenvalue weighted by Gasteiger charge is 2.17. The van der Waals surface area contributed by atoms with Crippen LogP contribution in [0.3, 0.4) is 0 Å². The van der Waals surface area contributed by atoms with Crippen molar-refractivity contribution in [1.29, 1.82) is 5.26 Å². The molecule has 9 heteroatoms. The number of halogens is 1. The molecule has 0 aliphatic heterocycles. The topological polar surface area (TPSA) is 114 Å². The number of hydrogen-bond donors (Lipinski definition) is 1. The maximum absolute atomic E-state index is 12.1. The molecule has 1 amide bonds. The smallest absolute Gasteiger partial charge is 0.284 e. The van der Waals surface area contributed by atoms with Gasteiger partial charge in [0.15, 0.2) is 5.82 Å². The van der Waals surface area contributed by atoms with E-state index in [-0.39, 0.29) is 27.1 Å². The van der Waals surface area contributed by atoms with Crippen molar-refractivity contribution in [1.82, 2.24) is 9.78 Å². The summed E-state index contributed by atoms with van der Waals surface area (Å²) < 4.78 is 1.66. The molecule has 2 aromatic rings. The Morgan fingerprint density at radius 2 is 2.29 bits per heavy atom. The van der Waals surface area contributed by atoms with E-state index in [1.165, 1.54) is 23.0 Å². The zero-order valence-corrected chi connectivity index (χ0v) is 12.3. The van der Waals surface area contributed by atoms with Gasteiger partial charge in [0.05, 0.1) is 9.40 Å². The summed E-state index contributed by atoms with van der Waals surface area (Å²) in [6, 6.07) is 5.89. The number of carbonyl (C=O) groups excluding carboxylic acids is 1. The molecule has 106 valence electrons. The zero-order chi connectivity index (χ0) is 15.6. The third-order valence-corrected chi connectivity index (χ3v) is 3.26. The summed E-state index contributed by atoms with van der Waals surface area (Å²) in [5.74, 6) is -0.476. The van der Waals surface area contributed by atoms with Crippen molar-refractivity contribution in [2.45, 2.75) is 0 Å². The molecule has 0 bridgehead atoms. The second-order valence-electron chi connectivity index (χ2n) is 4.05. The Morgan fingerprint density at radius 1 is 1.57 bits per heavy atom. The quantitative estimate of drug-likeness (QED) is 0.673. The Hall–Kier alpha value is -2.73. The Kier molecular flexibility index (Phi) is 4.00. The number of aryl methyl sites for hydroxylation is 1. The van der Waals surface area contributed by atoms with Gasteiger partial charge in [0.25, 0.3) is 11.6 Å². The largest absolute Gasteiger partial charge is 0.304 e. The standard InChI is InChI=1S/C12H8BrN5O3/c1-17-6-8(5-14)11(16-17)15-12(19)7-2-3-9(13)10(4-7)18(20)21/h2-4,6H,1H3,(H,15,16,19). The van der Waals surface area contributed by atoms with Crippen molar-refractivity contribution in [3.63, 3.8) is 0 Å². The molecule has 0 atom stereocenters. The van der Waals surface area contributed by atoms with Crippen molar-refractivity contribution < 1.29 is 9.72 Å². The molecule has 0 radical (unpaired) electrons. The van der Waals surface area contributed by atoms with E-state index in [0.29, 0.717) is 0 Å². The van der Waals surface area contributed by atoms with E-state index in [0.717, 1.165) is 6.07 Å². The average Bonchev–Trinajstić information content (AvgIpc) is 2.78. The van der Waals surface area contributed by atoms with Crippen LogP contribution in [0.15, 0.2) is 28.9 Å². The maximum atomic E-state index is 12.1. The van der Waals surface area contributed by atoms with Gasteiger partial charge in [0.1, 0.15) is 11.6 Å². The van der Waals surface area contributed by atoms with Crippen LogP contribution in [-0.4, -0.2) is 20.6 Å². The zero-order valence-electron chi connectivity index (χ0n) is 10.7. The van der Waals surface area contributed by atoms with E-state index in [1.54, 1.807) is 7.05 Å². The van der Waals surface area contributed by atoms with Crippen LogP contribution < -0.4 is 5.32 Å². The van der Waals surface area contributed by atoms with Crippen LogP contribution >= 0.6 is 15.9 Å². The van der Waals surface area contributed by atoms with Gasteiger partial charge < -0.3 is 5.32 Å². The molecular formula is C12H8BrN5O3. The average molecular weight is 350 g/mol. The van der Waals surface area contributed by atoms with E-state index >= 15 is 0 Å². The predicted molar refractivity (Wildman–Crippen MR) is 76.7 cm³/mol. The van der Waals surface area contributed by atoms with Crippen LogP contribution in [-0.2, 0) is 7.05 Å². The molecule has 21 heavy (non-hydrogen) atoms. The molecule has 1 N–H and O–H groups in total. The van der Waals surface area contributed by atoms with E-state index in [4.69, 9.17) is 5.26 Å². The van der Waals surface area contributed by atoms with Gasteiger partial charge in [0, 0.05) is 24.9 Å². The van der Waals surface area contributed by atoms with Gasteiger partial charge >= 0.3 is 0 Å². The number of nitro benzene ring substituents is 1. The molecule has 0 spiro atoms. The second-order valence-corrected chi connectivity index (χ2v) is 4.91. The first-order chi connectivity index (χ1) is 9.92. The summed E-state index contributed by atoms with van der Waals surface area (Å²) in [5.41, 5.74) is 0.0843. The summed E-state index contributed by atoms with van der Waals surface area (Å²) >= 11 is 3.04. The van der Waals surface area contributed by atoms with Crippen molar-refractivity contribution in [2.75, 3.05) is 5.32 Å². The normalized spacial score (nSPS) is 9.95. The third kappa shape index (κ3) is 3.06. The number of aromatic nitrogens is 2. The van der Waals surface area contributed by atoms with Crippen LogP contribution in [0.5, 0.6) is 0 Å². The Balaban J connectivity index is 2.31. The molecule has 8 nitrogen and oxygen atoms in total. The van der Waals surface area contributed by atoms with Gasteiger partial charge in [-0.25, -0.2) is 0 Å². The Bertz CT molecular complexity index is 778. The second kappa shape index (κ2) is 5.72. The molecule has 0 aliphatic rings. The van der Waals surface area contributed by atoms with Gasteiger partial charge in [-0.2, -0.15) is 10.4 Å². The van der Waals surface area contributed by atoms with E-state index in [1.807, 2.05) is 6.07 Å². The lowest BCUT2D eigenvalue weighted by Crippen LogP contribution is -2.13. The Labute approximate surface area is 127 Å². The molecule has 0 unspecified atom stereocenters. The molecule has 1 aromatic heterocycles. The minimum absolute atomic E-state index is 0.0967. The van der Waals surface area contributed by atoms with E-state index in [2.05, 4.69) is 26.3 Å². The molecular weight excluding hydrogens is 342 g/mol. The number of rotatable bonds is 3. The van der Waals surface area contributed by atoms with E-state index in [9.17, 15) is 14.9 Å². The van der Waals surface area contributed by atoms with Crippen LogP contribution in [0.2, 0.25) is 0 Å². The summed E-state index contributed by atoms with van der Waals surface area (Å²) in [7, 11) is 1.61. The molecule has 0 fully saturated rings. The third-order valence-electron chi connectivity index (χ3n) is 2.59. The number of nitro groups is 1. The maximum Gasteiger partial charge on any atom is 0.284 e. The highest BCUT2D eigenvalue weighted by atomic mass is 79.9. The minimum atomic E-state index is -0.595. The predicted octanol–water partition coefficient (Wildman–Crippen LogP) is 2.21. The van der Waals surface area contributed by atoms with Crippen LogP contribution in [0, 0.1) is 21.4 Å². The first-order valence-corrected chi connectivity index (χ1v) is 6.40. The van der Waals surface area contributed by atoms with Gasteiger partial charge in [-0.05, 0) is 28.1 Å². The highest BCUT2D eigenvalue weighted by molar-refractivity contribution is 9.10. The monoisotopic (exact) mass is 349 g/mol. The minimum Gasteiger partial charge on any atom is -0.304 e. The fourth-order valence-corrected chi connectivity index (χ4v) is 2.03. The van der Waals surface area contributed by atoms with Crippen LogP contribution in [0.4, 0.5) is 11.5 Å². The van der Waals surface area contributed by atoms with Crippen molar-refractivity contribution in [2.24, 2.45) is 7.05 Å². The number of benzene rings is 1. The highest BCUT2D eigenvalue weighted by Crippen LogP contribution is 2.26. The molecule has 0 saturated carbocycles. The number of nitrogens with zero attached hydrogens (tertiary/aromatic N) is 4. The molecule has 2 rings (SSSR count). The van der Waals surface area contributed by atoms with Gasteiger partial charge in [-0.3, -0.25) is 19.6 Å². The number of hydrogen-bond acceptors (Lipinski definition) is 5. The van der Waals surface area contributed by atoms with Gasteiger partial charge in [-0.15, -0.1) is 0 Å². The fraction of sp³-hybridized carbons (Fsp3) is 0.0833. The summed E-state index contributed by atoms with van der Waals surface area (Å²) in [6.07, 6.45) is 1.46. The Morgan fingerprint density at radius 3 is 2.90 bits per heavy atom. The summed E-state index contributed by atoms with van der Waals surface area (Å²) in [4.78, 5) is 22.3. The number of nitriles is 1. The van der Waals surface area contributed by atoms with Gasteiger partial charge in [-0.1, -0.05) is 0 Å². The van der Waals surface area contributed by atoms with Crippen molar-refractivity contribution in [3.8, 4) is 6.07 Å².